The van der Waals surface area contributed by atoms with Crippen molar-refractivity contribution in [2.45, 2.75) is 25.5 Å². The van der Waals surface area contributed by atoms with E-state index in [-0.39, 0.29) is 12.4 Å². The van der Waals surface area contributed by atoms with Gasteiger partial charge in [-0.05, 0) is 24.2 Å². The molecule has 6 heteroatoms. The number of carbonyl (C=O) groups is 1. The fourth-order valence-corrected chi connectivity index (χ4v) is 2.09. The van der Waals surface area contributed by atoms with Crippen molar-refractivity contribution < 1.29 is 24.1 Å². The monoisotopic (exact) mass is 297 g/mol. The third kappa shape index (κ3) is 4.61. The van der Waals surface area contributed by atoms with Crippen LogP contribution in [0, 0.1) is 0 Å². The van der Waals surface area contributed by atoms with Gasteiger partial charge in [-0.2, -0.15) is 0 Å². The first-order valence-corrected chi connectivity index (χ1v) is 6.77. The Labute approximate surface area is 125 Å². The van der Waals surface area contributed by atoms with Crippen molar-refractivity contribution in [2.75, 3.05) is 27.9 Å². The summed E-state index contributed by atoms with van der Waals surface area (Å²) in [4.78, 5) is 11.4. The number of esters is 1. The molecule has 21 heavy (non-hydrogen) atoms. The molecule has 0 aliphatic heterocycles. The lowest BCUT2D eigenvalue weighted by molar-refractivity contribution is -0.142. The maximum Gasteiger partial charge on any atom is 0.307 e. The summed E-state index contributed by atoms with van der Waals surface area (Å²) >= 11 is 0. The summed E-state index contributed by atoms with van der Waals surface area (Å²) in [7, 11) is 4.41. The molecule has 1 rings (SSSR count). The van der Waals surface area contributed by atoms with Gasteiger partial charge in [0.2, 0.25) is 0 Å². The highest BCUT2D eigenvalue weighted by Crippen LogP contribution is 2.31. The predicted molar refractivity (Wildman–Crippen MR) is 78.6 cm³/mol. The highest BCUT2D eigenvalue weighted by molar-refractivity contribution is 5.70. The molecular formula is C15H23NO5. The third-order valence-corrected chi connectivity index (χ3v) is 3.21. The molecule has 1 aromatic rings. The summed E-state index contributed by atoms with van der Waals surface area (Å²) in [5.74, 6) is 0.740. The summed E-state index contributed by atoms with van der Waals surface area (Å²) in [6.45, 7) is 2.54. The number of aliphatic hydroxyl groups is 1. The van der Waals surface area contributed by atoms with E-state index < -0.39 is 12.1 Å². The third-order valence-electron chi connectivity index (χ3n) is 3.21. The van der Waals surface area contributed by atoms with Crippen LogP contribution in [0.2, 0.25) is 0 Å². The van der Waals surface area contributed by atoms with Crippen molar-refractivity contribution in [1.29, 1.82) is 0 Å². The Morgan fingerprint density at radius 1 is 1.24 bits per heavy atom. The molecule has 0 bridgehead atoms. The number of carbonyl (C=O) groups excluding carboxylic acids is 1. The van der Waals surface area contributed by atoms with E-state index in [4.69, 9.17) is 9.47 Å². The van der Waals surface area contributed by atoms with E-state index in [9.17, 15) is 9.90 Å². The Morgan fingerprint density at radius 2 is 1.90 bits per heavy atom. The largest absolute Gasteiger partial charge is 0.493 e. The zero-order valence-electron chi connectivity index (χ0n) is 12.9. The van der Waals surface area contributed by atoms with Gasteiger partial charge < -0.3 is 24.6 Å². The van der Waals surface area contributed by atoms with Crippen molar-refractivity contribution in [2.24, 2.45) is 0 Å². The van der Waals surface area contributed by atoms with Gasteiger partial charge in [0, 0.05) is 6.04 Å². The average molecular weight is 297 g/mol. The van der Waals surface area contributed by atoms with E-state index in [1.54, 1.807) is 25.3 Å². The van der Waals surface area contributed by atoms with E-state index in [0.717, 1.165) is 0 Å². The zero-order chi connectivity index (χ0) is 15.8. The minimum absolute atomic E-state index is 0.0832. The molecule has 0 fully saturated rings. The van der Waals surface area contributed by atoms with E-state index in [0.29, 0.717) is 23.6 Å². The van der Waals surface area contributed by atoms with Crippen molar-refractivity contribution >= 4 is 5.97 Å². The molecule has 1 aromatic carbocycles. The van der Waals surface area contributed by atoms with Gasteiger partial charge in [0.1, 0.15) is 0 Å². The molecule has 6 nitrogen and oxygen atoms in total. The molecule has 0 radical (unpaired) electrons. The van der Waals surface area contributed by atoms with Gasteiger partial charge in [-0.3, -0.25) is 4.79 Å². The number of aliphatic hydroxyl groups excluding tert-OH is 1. The first kappa shape index (κ1) is 17.3. The molecule has 0 aliphatic rings. The molecule has 2 atom stereocenters. The topological polar surface area (TPSA) is 77.0 Å². The molecule has 0 heterocycles. The van der Waals surface area contributed by atoms with Gasteiger partial charge >= 0.3 is 5.97 Å². The molecule has 2 N–H and O–H groups in total. The van der Waals surface area contributed by atoms with Crippen LogP contribution in [0.4, 0.5) is 0 Å². The number of rotatable bonds is 8. The van der Waals surface area contributed by atoms with Crippen LogP contribution in [-0.4, -0.2) is 45.0 Å². The van der Waals surface area contributed by atoms with Gasteiger partial charge in [0.15, 0.2) is 11.5 Å². The van der Waals surface area contributed by atoms with Crippen molar-refractivity contribution in [3.8, 4) is 11.5 Å². The Balaban J connectivity index is 2.96. The summed E-state index contributed by atoms with van der Waals surface area (Å²) in [6.07, 6.45) is -0.774. The Morgan fingerprint density at radius 3 is 2.43 bits per heavy atom. The van der Waals surface area contributed by atoms with Crippen LogP contribution in [0.25, 0.3) is 0 Å². The minimum Gasteiger partial charge on any atom is -0.493 e. The average Bonchev–Trinajstić information content (AvgIpc) is 2.52. The molecule has 2 unspecified atom stereocenters. The second-order valence-corrected chi connectivity index (χ2v) is 4.50. The normalized spacial score (nSPS) is 13.4. The second kappa shape index (κ2) is 8.49. The van der Waals surface area contributed by atoms with Gasteiger partial charge in [0.05, 0.1) is 33.9 Å². The van der Waals surface area contributed by atoms with Crippen LogP contribution < -0.4 is 14.8 Å². The maximum atomic E-state index is 11.4. The van der Waals surface area contributed by atoms with E-state index in [1.807, 2.05) is 6.92 Å². The highest BCUT2D eigenvalue weighted by Gasteiger charge is 2.24. The standard InChI is InChI=1S/C15H23NO5/c1-5-16-11(9-14(17)21-4)15(18)10-6-7-12(19-2)13(8-10)20-3/h6-8,11,15-16,18H,5,9H2,1-4H3. The number of likely N-dealkylation sites (N-methyl/N-ethyl adjacent to an activating group) is 1. The van der Waals surface area contributed by atoms with Crippen LogP contribution in [0.3, 0.4) is 0 Å². The SMILES string of the molecule is CCNC(CC(=O)OC)C(O)c1ccc(OC)c(OC)c1. The van der Waals surface area contributed by atoms with E-state index in [2.05, 4.69) is 10.1 Å². The highest BCUT2D eigenvalue weighted by atomic mass is 16.5. The van der Waals surface area contributed by atoms with Gasteiger partial charge in [-0.25, -0.2) is 0 Å². The van der Waals surface area contributed by atoms with Crippen LogP contribution >= 0.6 is 0 Å². The molecule has 0 aliphatic carbocycles. The molecule has 0 spiro atoms. The fraction of sp³-hybridized carbons (Fsp3) is 0.533. The zero-order valence-corrected chi connectivity index (χ0v) is 12.9. The Kier molecular flexibility index (Phi) is 6.98. The molecule has 0 aromatic heterocycles. The van der Waals surface area contributed by atoms with Crippen LogP contribution in [0.1, 0.15) is 25.0 Å². The summed E-state index contributed by atoms with van der Waals surface area (Å²) in [5.41, 5.74) is 0.641. The number of benzene rings is 1. The van der Waals surface area contributed by atoms with Crippen LogP contribution in [-0.2, 0) is 9.53 Å². The Bertz CT molecular complexity index is 463. The van der Waals surface area contributed by atoms with Crippen LogP contribution in [0.15, 0.2) is 18.2 Å². The number of nitrogens with one attached hydrogen (secondary N) is 1. The summed E-state index contributed by atoms with van der Waals surface area (Å²) in [6, 6.07) is 4.73. The lowest BCUT2D eigenvalue weighted by Crippen LogP contribution is -2.37. The quantitative estimate of drug-likeness (QED) is 0.704. The molecular weight excluding hydrogens is 274 g/mol. The molecule has 0 amide bonds. The van der Waals surface area contributed by atoms with E-state index >= 15 is 0 Å². The summed E-state index contributed by atoms with van der Waals surface area (Å²) in [5, 5.41) is 13.6. The maximum absolute atomic E-state index is 11.4. The van der Waals surface area contributed by atoms with E-state index in [1.165, 1.54) is 14.2 Å². The first-order chi connectivity index (χ1) is 10.1. The number of hydrogen-bond donors (Lipinski definition) is 2. The predicted octanol–water partition coefficient (Wildman–Crippen LogP) is 1.28. The number of methoxy groups -OCH3 is 3. The minimum atomic E-state index is -0.858. The molecule has 118 valence electrons. The smallest absolute Gasteiger partial charge is 0.307 e. The molecule has 0 saturated heterocycles. The van der Waals surface area contributed by atoms with Gasteiger partial charge in [-0.15, -0.1) is 0 Å². The second-order valence-electron chi connectivity index (χ2n) is 4.50. The lowest BCUT2D eigenvalue weighted by Gasteiger charge is -2.23. The lowest BCUT2D eigenvalue weighted by atomic mass is 9.99. The first-order valence-electron chi connectivity index (χ1n) is 6.77. The van der Waals surface area contributed by atoms with Crippen molar-refractivity contribution in [1.82, 2.24) is 5.32 Å². The van der Waals surface area contributed by atoms with Gasteiger partial charge in [0.25, 0.3) is 0 Å². The van der Waals surface area contributed by atoms with Gasteiger partial charge in [-0.1, -0.05) is 13.0 Å². The summed E-state index contributed by atoms with van der Waals surface area (Å²) < 4.78 is 15.0. The molecule has 0 saturated carbocycles. The van der Waals surface area contributed by atoms with Crippen molar-refractivity contribution in [3.63, 3.8) is 0 Å². The number of hydrogen-bond acceptors (Lipinski definition) is 6. The Hall–Kier alpha value is -1.79. The van der Waals surface area contributed by atoms with Crippen LogP contribution in [0.5, 0.6) is 11.5 Å². The van der Waals surface area contributed by atoms with Crippen molar-refractivity contribution in [3.05, 3.63) is 23.8 Å². The fourth-order valence-electron chi connectivity index (χ4n) is 2.09. The number of ether oxygens (including phenoxy) is 3.